The molecule has 0 heterocycles. The lowest BCUT2D eigenvalue weighted by Crippen LogP contribution is -2.12. The van der Waals surface area contributed by atoms with Gasteiger partial charge in [0.1, 0.15) is 12.4 Å². The second-order valence-electron chi connectivity index (χ2n) is 4.88. The number of benzene rings is 2. The zero-order chi connectivity index (χ0) is 14.2. The standard InChI is InChI=1S/C17H22N2O.ClH/c18-12-4-7-17(19)15-8-10-16(11-9-15)20-13-14-5-2-1-3-6-14;/h1-3,5-6,8-11,17H,4,7,12-13,18-19H2;1H/t17-;/m1./s1. The van der Waals surface area contributed by atoms with Gasteiger partial charge in [0, 0.05) is 6.04 Å². The molecule has 0 spiro atoms. The highest BCUT2D eigenvalue weighted by atomic mass is 35.5. The van der Waals surface area contributed by atoms with Crippen LogP contribution in [0.15, 0.2) is 54.6 Å². The number of rotatable bonds is 7. The maximum Gasteiger partial charge on any atom is 0.119 e. The average molecular weight is 307 g/mol. The molecule has 0 aliphatic heterocycles. The molecule has 1 atom stereocenters. The Morgan fingerprint density at radius 2 is 1.62 bits per heavy atom. The van der Waals surface area contributed by atoms with Crippen molar-refractivity contribution in [2.75, 3.05) is 6.54 Å². The maximum absolute atomic E-state index is 6.10. The van der Waals surface area contributed by atoms with Crippen LogP contribution in [-0.2, 0) is 6.61 Å². The summed E-state index contributed by atoms with van der Waals surface area (Å²) in [6.45, 7) is 1.27. The van der Waals surface area contributed by atoms with Crippen molar-refractivity contribution in [3.63, 3.8) is 0 Å². The van der Waals surface area contributed by atoms with Crippen LogP contribution in [0.1, 0.15) is 30.0 Å². The lowest BCUT2D eigenvalue weighted by Gasteiger charge is -2.12. The zero-order valence-corrected chi connectivity index (χ0v) is 12.9. The molecular formula is C17H23ClN2O. The van der Waals surface area contributed by atoms with E-state index >= 15 is 0 Å². The van der Waals surface area contributed by atoms with Crippen LogP contribution in [0.2, 0.25) is 0 Å². The number of ether oxygens (including phenoxy) is 1. The van der Waals surface area contributed by atoms with E-state index in [9.17, 15) is 0 Å². The topological polar surface area (TPSA) is 61.3 Å². The van der Waals surface area contributed by atoms with Crippen LogP contribution in [0.5, 0.6) is 5.75 Å². The highest BCUT2D eigenvalue weighted by molar-refractivity contribution is 5.85. The largest absolute Gasteiger partial charge is 0.489 e. The summed E-state index contributed by atoms with van der Waals surface area (Å²) < 4.78 is 5.75. The minimum absolute atomic E-state index is 0. The van der Waals surface area contributed by atoms with E-state index in [2.05, 4.69) is 12.1 Å². The zero-order valence-electron chi connectivity index (χ0n) is 12.1. The predicted molar refractivity (Wildman–Crippen MR) is 89.7 cm³/mol. The molecule has 21 heavy (non-hydrogen) atoms. The van der Waals surface area contributed by atoms with Crippen molar-refractivity contribution in [3.8, 4) is 5.75 Å². The van der Waals surface area contributed by atoms with E-state index in [1.807, 2.05) is 42.5 Å². The summed E-state index contributed by atoms with van der Waals surface area (Å²) in [7, 11) is 0. The highest BCUT2D eigenvalue weighted by Crippen LogP contribution is 2.20. The molecule has 0 saturated heterocycles. The quantitative estimate of drug-likeness (QED) is 0.824. The van der Waals surface area contributed by atoms with Crippen molar-refractivity contribution in [3.05, 3.63) is 65.7 Å². The van der Waals surface area contributed by atoms with Gasteiger partial charge in [-0.05, 0) is 42.6 Å². The van der Waals surface area contributed by atoms with Crippen molar-refractivity contribution in [1.82, 2.24) is 0 Å². The van der Waals surface area contributed by atoms with Crippen molar-refractivity contribution in [1.29, 1.82) is 0 Å². The van der Waals surface area contributed by atoms with Gasteiger partial charge >= 0.3 is 0 Å². The fraction of sp³-hybridized carbons (Fsp3) is 0.294. The third-order valence-corrected chi connectivity index (χ3v) is 3.28. The normalized spacial score (nSPS) is 11.5. The SMILES string of the molecule is Cl.NCCC[C@@H](N)c1ccc(OCc2ccccc2)cc1. The smallest absolute Gasteiger partial charge is 0.119 e. The maximum atomic E-state index is 6.10. The molecule has 2 rings (SSSR count). The van der Waals surface area contributed by atoms with Gasteiger partial charge in [-0.15, -0.1) is 12.4 Å². The summed E-state index contributed by atoms with van der Waals surface area (Å²) in [4.78, 5) is 0. The van der Waals surface area contributed by atoms with E-state index in [0.717, 1.165) is 29.7 Å². The number of hydrogen-bond acceptors (Lipinski definition) is 3. The van der Waals surface area contributed by atoms with Gasteiger partial charge < -0.3 is 16.2 Å². The Morgan fingerprint density at radius 3 is 2.24 bits per heavy atom. The van der Waals surface area contributed by atoms with Gasteiger partial charge in [-0.3, -0.25) is 0 Å². The third kappa shape index (κ3) is 5.76. The molecule has 3 nitrogen and oxygen atoms in total. The van der Waals surface area contributed by atoms with Crippen LogP contribution < -0.4 is 16.2 Å². The van der Waals surface area contributed by atoms with Crippen molar-refractivity contribution < 1.29 is 4.74 Å². The lowest BCUT2D eigenvalue weighted by molar-refractivity contribution is 0.306. The molecule has 114 valence electrons. The fourth-order valence-electron chi connectivity index (χ4n) is 2.06. The average Bonchev–Trinajstić information content (AvgIpc) is 2.52. The van der Waals surface area contributed by atoms with Crippen LogP contribution >= 0.6 is 12.4 Å². The molecule has 2 aromatic carbocycles. The second-order valence-corrected chi connectivity index (χ2v) is 4.88. The van der Waals surface area contributed by atoms with Crippen LogP contribution in [0.4, 0.5) is 0 Å². The van der Waals surface area contributed by atoms with Crippen molar-refractivity contribution in [2.24, 2.45) is 11.5 Å². The molecule has 4 heteroatoms. The summed E-state index contributed by atoms with van der Waals surface area (Å²) in [5.41, 5.74) is 13.9. The fourth-order valence-corrected chi connectivity index (χ4v) is 2.06. The first-order valence-electron chi connectivity index (χ1n) is 7.02. The molecule has 0 fully saturated rings. The van der Waals surface area contributed by atoms with Crippen molar-refractivity contribution >= 4 is 12.4 Å². The Balaban J connectivity index is 0.00000220. The Morgan fingerprint density at radius 1 is 0.952 bits per heavy atom. The summed E-state index contributed by atoms with van der Waals surface area (Å²) in [6.07, 6.45) is 1.87. The minimum Gasteiger partial charge on any atom is -0.489 e. The first kappa shape index (κ1) is 17.5. The molecule has 0 amide bonds. The minimum atomic E-state index is 0. The molecule has 0 aliphatic rings. The third-order valence-electron chi connectivity index (χ3n) is 3.28. The summed E-state index contributed by atoms with van der Waals surface area (Å²) in [5, 5.41) is 0. The summed E-state index contributed by atoms with van der Waals surface area (Å²) in [5.74, 6) is 0.864. The van der Waals surface area contributed by atoms with Crippen LogP contribution in [-0.4, -0.2) is 6.54 Å². The van der Waals surface area contributed by atoms with Crippen LogP contribution in [0.25, 0.3) is 0 Å². The van der Waals surface area contributed by atoms with Crippen LogP contribution in [0, 0.1) is 0 Å². The van der Waals surface area contributed by atoms with Gasteiger partial charge in [0.25, 0.3) is 0 Å². The number of nitrogens with two attached hydrogens (primary N) is 2. The Kier molecular flexibility index (Phi) is 7.83. The predicted octanol–water partition coefficient (Wildman–Crippen LogP) is 3.43. The van der Waals surface area contributed by atoms with E-state index in [1.165, 1.54) is 0 Å². The second kappa shape index (κ2) is 9.40. The molecule has 0 unspecified atom stereocenters. The number of hydrogen-bond donors (Lipinski definition) is 2. The first-order valence-corrected chi connectivity index (χ1v) is 7.02. The molecular weight excluding hydrogens is 284 g/mol. The molecule has 4 N–H and O–H groups in total. The van der Waals surface area contributed by atoms with E-state index in [-0.39, 0.29) is 18.4 Å². The van der Waals surface area contributed by atoms with Gasteiger partial charge in [0.2, 0.25) is 0 Å². The highest BCUT2D eigenvalue weighted by Gasteiger charge is 2.05. The van der Waals surface area contributed by atoms with Gasteiger partial charge in [0.15, 0.2) is 0 Å². The van der Waals surface area contributed by atoms with Gasteiger partial charge in [0.05, 0.1) is 0 Å². The van der Waals surface area contributed by atoms with E-state index < -0.39 is 0 Å². The molecule has 0 aromatic heterocycles. The van der Waals surface area contributed by atoms with Crippen LogP contribution in [0.3, 0.4) is 0 Å². The Labute approximate surface area is 132 Å². The first-order chi connectivity index (χ1) is 9.79. The van der Waals surface area contributed by atoms with Gasteiger partial charge in [-0.2, -0.15) is 0 Å². The van der Waals surface area contributed by atoms with E-state index in [1.54, 1.807) is 0 Å². The van der Waals surface area contributed by atoms with E-state index in [4.69, 9.17) is 16.2 Å². The number of halogens is 1. The molecule has 2 aromatic rings. The summed E-state index contributed by atoms with van der Waals surface area (Å²) in [6, 6.07) is 18.2. The van der Waals surface area contributed by atoms with E-state index in [0.29, 0.717) is 13.2 Å². The van der Waals surface area contributed by atoms with Crippen molar-refractivity contribution in [2.45, 2.75) is 25.5 Å². The summed E-state index contributed by atoms with van der Waals surface area (Å²) >= 11 is 0. The Bertz CT molecular complexity index is 502. The van der Waals surface area contributed by atoms with Gasteiger partial charge in [-0.25, -0.2) is 0 Å². The monoisotopic (exact) mass is 306 g/mol. The molecule has 0 bridgehead atoms. The molecule has 0 aliphatic carbocycles. The lowest BCUT2D eigenvalue weighted by atomic mass is 10.0. The van der Waals surface area contributed by atoms with Gasteiger partial charge in [-0.1, -0.05) is 42.5 Å². The molecule has 0 saturated carbocycles. The Hall–Kier alpha value is -1.55. The molecule has 0 radical (unpaired) electrons.